The summed E-state index contributed by atoms with van der Waals surface area (Å²) in [5.74, 6) is 1.98. The van der Waals surface area contributed by atoms with Crippen molar-refractivity contribution in [2.45, 2.75) is 12.8 Å². The van der Waals surface area contributed by atoms with Gasteiger partial charge in [0, 0.05) is 45.3 Å². The summed E-state index contributed by atoms with van der Waals surface area (Å²) in [7, 11) is 1.69. The Morgan fingerprint density at radius 1 is 1.36 bits per heavy atom. The minimum absolute atomic E-state index is 0. The third-order valence-corrected chi connectivity index (χ3v) is 5.90. The van der Waals surface area contributed by atoms with Crippen LogP contribution in [0.3, 0.4) is 0 Å². The van der Waals surface area contributed by atoms with Gasteiger partial charge in [0.1, 0.15) is 5.52 Å². The van der Waals surface area contributed by atoms with Gasteiger partial charge in [-0.25, -0.2) is 0 Å². The van der Waals surface area contributed by atoms with E-state index in [4.69, 9.17) is 0 Å². The first kappa shape index (κ1) is 14.8. The maximum atomic E-state index is 13.1. The highest BCUT2D eigenvalue weighted by Gasteiger charge is 2.37. The van der Waals surface area contributed by atoms with Gasteiger partial charge in [-0.05, 0) is 36.3 Å². The minimum Gasteiger partial charge on any atom is -0.357 e. The van der Waals surface area contributed by atoms with E-state index in [0.717, 1.165) is 31.3 Å². The first-order valence-corrected chi connectivity index (χ1v) is 8.98. The second-order valence-corrected chi connectivity index (χ2v) is 7.55. The van der Waals surface area contributed by atoms with Gasteiger partial charge in [0.2, 0.25) is 0 Å². The lowest BCUT2D eigenvalue weighted by molar-refractivity contribution is 0.0790. The molecule has 1 amide bonds. The highest BCUT2D eigenvalue weighted by molar-refractivity contribution is 6.06. The zero-order valence-electron chi connectivity index (χ0n) is 14.2. The van der Waals surface area contributed by atoms with Gasteiger partial charge in [0.15, 0.2) is 0 Å². The fourth-order valence-electron chi connectivity index (χ4n) is 4.28. The molecule has 5 rings (SSSR count). The maximum Gasteiger partial charge on any atom is 0.274 e. The summed E-state index contributed by atoms with van der Waals surface area (Å²) in [4.78, 5) is 30.2. The van der Waals surface area contributed by atoms with E-state index >= 15 is 0 Å². The van der Waals surface area contributed by atoms with Crippen LogP contribution in [0.2, 0.25) is 0 Å². The molecule has 0 bridgehead atoms. The van der Waals surface area contributed by atoms with Crippen molar-refractivity contribution in [3.05, 3.63) is 58.2 Å². The molecule has 1 saturated heterocycles. The number of aryl methyl sites for hydroxylation is 1. The van der Waals surface area contributed by atoms with E-state index in [1.165, 1.54) is 16.6 Å². The normalized spacial score (nSPS) is 27.5. The number of aromatic nitrogens is 2. The molecule has 1 N–H and O–H groups in total. The monoisotopic (exact) mass is 337 g/mol. The molecule has 1 saturated carbocycles. The predicted octanol–water partition coefficient (Wildman–Crippen LogP) is 2.71. The van der Waals surface area contributed by atoms with Gasteiger partial charge >= 0.3 is 0 Å². The Bertz CT molecular complexity index is 1000. The fourth-order valence-corrected chi connectivity index (χ4v) is 4.28. The number of amides is 1. The Morgan fingerprint density at radius 2 is 2.24 bits per heavy atom. The number of H-pyrrole nitrogens is 1. The topological polar surface area (TPSA) is 58.1 Å². The zero-order chi connectivity index (χ0) is 17.1. The van der Waals surface area contributed by atoms with E-state index in [0.29, 0.717) is 22.4 Å². The molecule has 0 spiro atoms. The average molecular weight is 337 g/mol. The summed E-state index contributed by atoms with van der Waals surface area (Å²) in [6.07, 6.45) is 12.7. The third-order valence-electron chi connectivity index (χ3n) is 5.90. The van der Waals surface area contributed by atoms with Gasteiger partial charge in [-0.3, -0.25) is 9.59 Å². The zero-order valence-corrected chi connectivity index (χ0v) is 14.2. The van der Waals surface area contributed by atoms with Crippen LogP contribution in [0.4, 0.5) is 0 Å². The molecule has 3 atom stereocenters. The Kier molecular flexibility index (Phi) is 3.08. The molecule has 0 radical (unpaired) electrons. The first-order valence-electron chi connectivity index (χ1n) is 8.98. The number of nitrogens with one attached hydrogen (secondary N) is 1. The van der Waals surface area contributed by atoms with E-state index < -0.39 is 0 Å². The number of carbonyl (C=O) groups excluding carboxylic acids is 1. The molecule has 3 heterocycles. The number of fused-ring (bicyclic) bond motifs is 2. The molecule has 2 aliphatic carbocycles. The molecule has 5 nitrogen and oxygen atoms in total. The minimum atomic E-state index is -0.104. The second kappa shape index (κ2) is 5.22. The summed E-state index contributed by atoms with van der Waals surface area (Å²) in [6, 6.07) is 1.82. The fraction of sp³-hybridized carbons (Fsp3) is 0.400. The van der Waals surface area contributed by atoms with Gasteiger partial charge in [-0.2, -0.15) is 0 Å². The molecule has 25 heavy (non-hydrogen) atoms. The molecule has 2 aromatic heterocycles. The molecule has 2 fully saturated rings. The Balaban J connectivity index is 0.00000168. The molecule has 1 aliphatic heterocycles. The van der Waals surface area contributed by atoms with E-state index in [2.05, 4.69) is 23.2 Å². The van der Waals surface area contributed by atoms with Crippen molar-refractivity contribution >= 4 is 16.8 Å². The van der Waals surface area contributed by atoms with E-state index in [9.17, 15) is 9.59 Å². The SMILES string of the molecule is Cn1cc(C(=O)N2CCC(C3=CC4CC4C=C3)C2)c2cc[nH]c2c1=O.[HH]. The van der Waals surface area contributed by atoms with Crippen molar-refractivity contribution in [3.63, 3.8) is 0 Å². The number of hydrogen-bond acceptors (Lipinski definition) is 2. The second-order valence-electron chi connectivity index (χ2n) is 7.55. The molecular formula is C20H23N3O2. The van der Waals surface area contributed by atoms with Crippen LogP contribution in [-0.4, -0.2) is 33.4 Å². The van der Waals surface area contributed by atoms with Gasteiger partial charge in [0.05, 0.1) is 5.56 Å². The third kappa shape index (κ3) is 2.29. The van der Waals surface area contributed by atoms with Crippen LogP contribution in [0.1, 0.15) is 24.6 Å². The van der Waals surface area contributed by atoms with Gasteiger partial charge in [-0.1, -0.05) is 18.2 Å². The standard InChI is InChI=1S/C20H21N3O2.H2/c1-22-11-17(16-4-6-21-18(16)20(22)25)19(24)23-7-5-14(10-23)12-2-3-13-9-15(13)8-12;/h2-4,6,8,11,13-15,21H,5,7,9-10H2,1H3;1H. The number of aromatic amines is 1. The maximum absolute atomic E-state index is 13.1. The summed E-state index contributed by atoms with van der Waals surface area (Å²) in [5, 5.41) is 0.717. The van der Waals surface area contributed by atoms with Gasteiger partial charge in [0.25, 0.3) is 11.5 Å². The Hall–Kier alpha value is -2.56. The van der Waals surface area contributed by atoms with E-state index in [1.54, 1.807) is 19.4 Å². The lowest BCUT2D eigenvalue weighted by Gasteiger charge is -2.19. The quantitative estimate of drug-likeness (QED) is 0.916. The van der Waals surface area contributed by atoms with Crippen LogP contribution in [0.15, 0.2) is 47.1 Å². The summed E-state index contributed by atoms with van der Waals surface area (Å²) in [6.45, 7) is 1.54. The smallest absolute Gasteiger partial charge is 0.274 e. The van der Waals surface area contributed by atoms with E-state index in [1.807, 2.05) is 11.0 Å². The van der Waals surface area contributed by atoms with Crippen molar-refractivity contribution in [2.24, 2.45) is 24.8 Å². The first-order chi connectivity index (χ1) is 12.1. The van der Waals surface area contributed by atoms with Gasteiger partial charge in [-0.15, -0.1) is 0 Å². The van der Waals surface area contributed by atoms with Crippen molar-refractivity contribution in [2.75, 3.05) is 13.1 Å². The summed E-state index contributed by atoms with van der Waals surface area (Å²) < 4.78 is 1.49. The Morgan fingerprint density at radius 3 is 3.08 bits per heavy atom. The van der Waals surface area contributed by atoms with E-state index in [-0.39, 0.29) is 12.9 Å². The number of allylic oxidation sites excluding steroid dienone is 3. The van der Waals surface area contributed by atoms with Crippen molar-refractivity contribution in [3.8, 4) is 0 Å². The van der Waals surface area contributed by atoms with Crippen LogP contribution in [0.5, 0.6) is 0 Å². The number of hydrogen-bond donors (Lipinski definition) is 1. The van der Waals surface area contributed by atoms with Crippen LogP contribution in [-0.2, 0) is 7.05 Å². The van der Waals surface area contributed by atoms with Crippen LogP contribution < -0.4 is 5.56 Å². The molecule has 0 aromatic carbocycles. The molecule has 3 aliphatic rings. The summed E-state index contributed by atoms with van der Waals surface area (Å²) in [5.41, 5.74) is 2.41. The number of pyridine rings is 1. The van der Waals surface area contributed by atoms with Crippen LogP contribution in [0.25, 0.3) is 10.9 Å². The highest BCUT2D eigenvalue weighted by atomic mass is 16.2. The molecule has 130 valence electrons. The molecular weight excluding hydrogens is 314 g/mol. The molecule has 5 heteroatoms. The Labute approximate surface area is 147 Å². The number of carbonyl (C=O) groups is 1. The van der Waals surface area contributed by atoms with Crippen molar-refractivity contribution in [1.29, 1.82) is 0 Å². The van der Waals surface area contributed by atoms with Crippen LogP contribution >= 0.6 is 0 Å². The molecule has 2 aromatic rings. The average Bonchev–Trinajstić information content (AvgIpc) is 3.00. The number of rotatable bonds is 2. The highest BCUT2D eigenvalue weighted by Crippen LogP contribution is 2.46. The lowest BCUT2D eigenvalue weighted by atomic mass is 9.93. The lowest BCUT2D eigenvalue weighted by Crippen LogP contribution is -2.30. The van der Waals surface area contributed by atoms with Crippen molar-refractivity contribution in [1.82, 2.24) is 14.5 Å². The predicted molar refractivity (Wildman–Crippen MR) is 98.5 cm³/mol. The van der Waals surface area contributed by atoms with Crippen LogP contribution in [0, 0.1) is 17.8 Å². The number of likely N-dealkylation sites (tertiary alicyclic amines) is 1. The summed E-state index contributed by atoms with van der Waals surface area (Å²) >= 11 is 0. The molecule has 3 unspecified atom stereocenters. The van der Waals surface area contributed by atoms with Crippen molar-refractivity contribution < 1.29 is 6.22 Å². The van der Waals surface area contributed by atoms with Gasteiger partial charge < -0.3 is 14.5 Å². The number of nitrogens with zero attached hydrogens (tertiary/aromatic N) is 2. The largest absolute Gasteiger partial charge is 0.357 e.